The fourth-order valence-electron chi connectivity index (χ4n) is 1.69. The molecule has 0 saturated heterocycles. The molecular weight excluding hydrogens is 306 g/mol. The smallest absolute Gasteiger partial charge is 0.241 e. The van der Waals surface area contributed by atoms with Gasteiger partial charge in [-0.05, 0) is 32.3 Å². The van der Waals surface area contributed by atoms with Crippen LogP contribution in [0, 0.1) is 0 Å². The second-order valence-electron chi connectivity index (χ2n) is 5.72. The summed E-state index contributed by atoms with van der Waals surface area (Å²) >= 11 is 1.47. The fourth-order valence-corrected chi connectivity index (χ4v) is 4.10. The van der Waals surface area contributed by atoms with Crippen molar-refractivity contribution in [3.8, 4) is 0 Å². The third-order valence-corrected chi connectivity index (χ3v) is 5.90. The van der Waals surface area contributed by atoms with Crippen molar-refractivity contribution in [1.82, 2.24) is 14.9 Å². The van der Waals surface area contributed by atoms with Crippen molar-refractivity contribution in [3.63, 3.8) is 0 Å². The Kier molecular flexibility index (Phi) is 7.29. The van der Waals surface area contributed by atoms with Crippen LogP contribution in [0.4, 0.5) is 0 Å². The Morgan fingerprint density at radius 1 is 1.29 bits per heavy atom. The first-order valence-electron chi connectivity index (χ1n) is 7.23. The minimum atomic E-state index is -3.42. The van der Waals surface area contributed by atoms with Crippen molar-refractivity contribution < 1.29 is 8.42 Å². The molecule has 1 aromatic rings. The van der Waals surface area contributed by atoms with E-state index in [9.17, 15) is 8.42 Å². The van der Waals surface area contributed by atoms with Gasteiger partial charge in [-0.15, -0.1) is 11.3 Å². The highest BCUT2D eigenvalue weighted by Crippen LogP contribution is 2.21. The van der Waals surface area contributed by atoms with E-state index in [0.29, 0.717) is 36.6 Å². The van der Waals surface area contributed by atoms with Crippen LogP contribution >= 0.6 is 11.3 Å². The Hall–Kier alpha value is -0.470. The third-order valence-electron chi connectivity index (χ3n) is 3.30. The summed E-state index contributed by atoms with van der Waals surface area (Å²) in [6, 6.07) is 2.41. The number of likely N-dealkylation sites (N-methyl/N-ethyl adjacent to an activating group) is 1. The molecule has 0 unspecified atom stereocenters. The summed E-state index contributed by atoms with van der Waals surface area (Å²) in [4.78, 5) is 3.36. The first kappa shape index (κ1) is 18.6. The number of hydrogen-bond acceptors (Lipinski definition) is 5. The van der Waals surface area contributed by atoms with E-state index in [-0.39, 0.29) is 0 Å². The van der Waals surface area contributed by atoms with Crippen LogP contribution in [0.5, 0.6) is 0 Å². The molecule has 7 heteroatoms. The van der Waals surface area contributed by atoms with Gasteiger partial charge in [0.25, 0.3) is 0 Å². The summed E-state index contributed by atoms with van der Waals surface area (Å²) < 4.78 is 27.4. The van der Waals surface area contributed by atoms with Crippen molar-refractivity contribution >= 4 is 21.4 Å². The normalized spacial score (nSPS) is 12.8. The van der Waals surface area contributed by atoms with Crippen LogP contribution in [0.15, 0.2) is 16.3 Å². The lowest BCUT2D eigenvalue weighted by molar-refractivity contribution is 0.278. The van der Waals surface area contributed by atoms with Gasteiger partial charge in [-0.1, -0.05) is 13.8 Å². The summed E-state index contributed by atoms with van der Waals surface area (Å²) in [5.74, 6) is 0. The molecule has 0 amide bonds. The minimum absolute atomic E-state index is 0.329. The lowest BCUT2D eigenvalue weighted by atomic mass is 10.3. The Morgan fingerprint density at radius 2 is 1.95 bits per heavy atom. The van der Waals surface area contributed by atoms with Gasteiger partial charge >= 0.3 is 0 Å². The van der Waals surface area contributed by atoms with E-state index in [0.717, 1.165) is 4.88 Å². The molecule has 0 atom stereocenters. The van der Waals surface area contributed by atoms with Crippen LogP contribution in [0.1, 0.15) is 32.6 Å². The predicted octanol–water partition coefficient (Wildman–Crippen LogP) is 1.86. The van der Waals surface area contributed by atoms with E-state index < -0.39 is 10.0 Å². The standard InChI is InChI=1S/C14H27N3O2S2/c1-11(2)15-10-13-14(6-9-20-13)21(18,19)16-7-8-17(5)12(3)4/h6,9,11-12,15-16H,7-8,10H2,1-5H3. The highest BCUT2D eigenvalue weighted by molar-refractivity contribution is 7.89. The van der Waals surface area contributed by atoms with Gasteiger partial charge < -0.3 is 10.2 Å². The van der Waals surface area contributed by atoms with Crippen molar-refractivity contribution in [2.24, 2.45) is 0 Å². The monoisotopic (exact) mass is 333 g/mol. The summed E-state index contributed by atoms with van der Waals surface area (Å²) in [6.45, 7) is 9.96. The van der Waals surface area contributed by atoms with Crippen LogP contribution in [-0.4, -0.2) is 45.5 Å². The van der Waals surface area contributed by atoms with E-state index >= 15 is 0 Å². The number of nitrogens with one attached hydrogen (secondary N) is 2. The summed E-state index contributed by atoms with van der Waals surface area (Å²) in [5, 5.41) is 5.09. The van der Waals surface area contributed by atoms with Crippen LogP contribution in [0.3, 0.4) is 0 Å². The first-order valence-corrected chi connectivity index (χ1v) is 9.60. The minimum Gasteiger partial charge on any atom is -0.310 e. The van der Waals surface area contributed by atoms with Gasteiger partial charge in [0.1, 0.15) is 0 Å². The summed E-state index contributed by atoms with van der Waals surface area (Å²) in [7, 11) is -1.44. The summed E-state index contributed by atoms with van der Waals surface area (Å²) in [5.41, 5.74) is 0. The van der Waals surface area contributed by atoms with Crippen molar-refractivity contribution in [2.75, 3.05) is 20.1 Å². The largest absolute Gasteiger partial charge is 0.310 e. The quantitative estimate of drug-likeness (QED) is 0.724. The molecule has 0 spiro atoms. The van der Waals surface area contributed by atoms with Gasteiger partial charge in [0.05, 0.1) is 4.90 Å². The Balaban J connectivity index is 2.64. The van der Waals surface area contributed by atoms with E-state index in [1.54, 1.807) is 6.07 Å². The maximum atomic E-state index is 12.4. The molecule has 122 valence electrons. The van der Waals surface area contributed by atoms with Crippen molar-refractivity contribution in [2.45, 2.75) is 51.2 Å². The summed E-state index contributed by atoms with van der Waals surface area (Å²) in [6.07, 6.45) is 0. The maximum Gasteiger partial charge on any atom is 0.241 e. The first-order chi connectivity index (χ1) is 9.74. The topological polar surface area (TPSA) is 61.4 Å². The number of rotatable bonds is 9. The van der Waals surface area contributed by atoms with Crippen LogP contribution < -0.4 is 10.0 Å². The van der Waals surface area contributed by atoms with Gasteiger partial charge in [-0.3, -0.25) is 0 Å². The van der Waals surface area contributed by atoms with Gasteiger partial charge in [0.2, 0.25) is 10.0 Å². The van der Waals surface area contributed by atoms with Crippen LogP contribution in [-0.2, 0) is 16.6 Å². The highest BCUT2D eigenvalue weighted by atomic mass is 32.2. The van der Waals surface area contributed by atoms with Gasteiger partial charge in [-0.25, -0.2) is 13.1 Å². The number of sulfonamides is 1. The van der Waals surface area contributed by atoms with Gasteiger partial charge in [0, 0.05) is 36.6 Å². The highest BCUT2D eigenvalue weighted by Gasteiger charge is 2.19. The molecule has 5 nitrogen and oxygen atoms in total. The van der Waals surface area contributed by atoms with Crippen LogP contribution in [0.2, 0.25) is 0 Å². The molecule has 0 aromatic carbocycles. The fraction of sp³-hybridized carbons (Fsp3) is 0.714. The molecule has 0 radical (unpaired) electrons. The molecule has 0 aliphatic rings. The SMILES string of the molecule is CC(C)NCc1sccc1S(=O)(=O)NCCN(C)C(C)C. The Labute approximate surface area is 132 Å². The van der Waals surface area contributed by atoms with E-state index in [1.807, 2.05) is 26.3 Å². The Morgan fingerprint density at radius 3 is 2.52 bits per heavy atom. The molecule has 1 aromatic heterocycles. The zero-order valence-electron chi connectivity index (χ0n) is 13.5. The van der Waals surface area contributed by atoms with Crippen molar-refractivity contribution in [1.29, 1.82) is 0 Å². The average molecular weight is 334 g/mol. The molecule has 0 saturated carbocycles. The number of hydrogen-bond donors (Lipinski definition) is 2. The van der Waals surface area contributed by atoms with Gasteiger partial charge in [0.15, 0.2) is 0 Å². The predicted molar refractivity (Wildman–Crippen MR) is 89.2 cm³/mol. The maximum absolute atomic E-state index is 12.4. The zero-order chi connectivity index (χ0) is 16.0. The molecule has 0 aliphatic carbocycles. The van der Waals surface area contributed by atoms with Gasteiger partial charge in [-0.2, -0.15) is 0 Å². The number of nitrogens with zero attached hydrogens (tertiary/aromatic N) is 1. The van der Waals surface area contributed by atoms with Crippen molar-refractivity contribution in [3.05, 3.63) is 16.3 Å². The molecule has 0 bridgehead atoms. The molecule has 1 rings (SSSR count). The van der Waals surface area contributed by atoms with E-state index in [2.05, 4.69) is 28.8 Å². The zero-order valence-corrected chi connectivity index (χ0v) is 15.1. The third kappa shape index (κ3) is 6.04. The van der Waals surface area contributed by atoms with E-state index in [4.69, 9.17) is 0 Å². The molecule has 0 aliphatic heterocycles. The second kappa shape index (κ2) is 8.24. The lowest BCUT2D eigenvalue weighted by Crippen LogP contribution is -2.36. The average Bonchev–Trinajstić information content (AvgIpc) is 2.84. The van der Waals surface area contributed by atoms with Crippen LogP contribution in [0.25, 0.3) is 0 Å². The second-order valence-corrected chi connectivity index (χ2v) is 8.45. The number of thiophene rings is 1. The van der Waals surface area contributed by atoms with E-state index in [1.165, 1.54) is 11.3 Å². The molecule has 2 N–H and O–H groups in total. The molecule has 0 fully saturated rings. The Bertz CT molecular complexity index is 524. The molecule has 21 heavy (non-hydrogen) atoms. The lowest BCUT2D eigenvalue weighted by Gasteiger charge is -2.20. The molecule has 1 heterocycles. The molecular formula is C14H27N3O2S2.